The molecule has 5 nitrogen and oxygen atoms in total. The first-order chi connectivity index (χ1) is 12.2. The number of nitrogens with one attached hydrogen (secondary N) is 1. The first-order valence-corrected chi connectivity index (χ1v) is 8.74. The van der Waals surface area contributed by atoms with E-state index in [1.807, 2.05) is 59.5 Å². The predicted octanol–water partition coefficient (Wildman–Crippen LogP) is 3.05. The third-order valence-electron chi connectivity index (χ3n) is 4.36. The molecule has 0 atom stereocenters. The number of carbonyl (C=O) groups is 1. The molecule has 0 saturated carbocycles. The molecule has 0 unspecified atom stereocenters. The molecule has 2 aromatic carbocycles. The molecular formula is C20H25N3O2. The van der Waals surface area contributed by atoms with Gasteiger partial charge in [-0.2, -0.15) is 0 Å². The fourth-order valence-corrected chi connectivity index (χ4v) is 2.79. The van der Waals surface area contributed by atoms with Crippen molar-refractivity contribution in [3.63, 3.8) is 0 Å². The summed E-state index contributed by atoms with van der Waals surface area (Å²) in [4.78, 5) is 16.4. The SMILES string of the molecule is CN1CCN(C(=O)CCNc2ccc(Oc3ccccc3)cc2)CC1. The van der Waals surface area contributed by atoms with Crippen LogP contribution in [0.1, 0.15) is 6.42 Å². The molecule has 132 valence electrons. The zero-order valence-electron chi connectivity index (χ0n) is 14.6. The topological polar surface area (TPSA) is 44.8 Å². The summed E-state index contributed by atoms with van der Waals surface area (Å²) in [5.74, 6) is 1.84. The van der Waals surface area contributed by atoms with E-state index in [1.54, 1.807) is 0 Å². The maximum Gasteiger partial charge on any atom is 0.224 e. The molecule has 1 saturated heterocycles. The Hall–Kier alpha value is -2.53. The number of hydrogen-bond donors (Lipinski definition) is 1. The molecule has 5 heteroatoms. The number of amides is 1. The number of ether oxygens (including phenoxy) is 1. The summed E-state index contributed by atoms with van der Waals surface area (Å²) < 4.78 is 5.77. The van der Waals surface area contributed by atoms with Crippen molar-refractivity contribution in [3.05, 3.63) is 54.6 Å². The summed E-state index contributed by atoms with van der Waals surface area (Å²) >= 11 is 0. The molecule has 1 amide bonds. The highest BCUT2D eigenvalue weighted by molar-refractivity contribution is 5.76. The summed E-state index contributed by atoms with van der Waals surface area (Å²) in [6, 6.07) is 17.5. The molecule has 0 bridgehead atoms. The molecule has 1 fully saturated rings. The molecule has 3 rings (SSSR count). The second-order valence-corrected chi connectivity index (χ2v) is 6.30. The van der Waals surface area contributed by atoms with Gasteiger partial charge in [-0.3, -0.25) is 4.79 Å². The maximum absolute atomic E-state index is 12.2. The first-order valence-electron chi connectivity index (χ1n) is 8.74. The van der Waals surface area contributed by atoms with Crippen molar-refractivity contribution < 1.29 is 9.53 Å². The van der Waals surface area contributed by atoms with Gasteiger partial charge in [0, 0.05) is 44.8 Å². The monoisotopic (exact) mass is 339 g/mol. The molecule has 0 radical (unpaired) electrons. The standard InChI is InChI=1S/C20H25N3O2/c1-22-13-15-23(16-14-22)20(24)11-12-21-17-7-9-19(10-8-17)25-18-5-3-2-4-6-18/h2-10,21H,11-16H2,1H3. The Balaban J connectivity index is 1.42. The molecular weight excluding hydrogens is 314 g/mol. The average molecular weight is 339 g/mol. The van der Waals surface area contributed by atoms with E-state index < -0.39 is 0 Å². The Morgan fingerprint density at radius 2 is 1.60 bits per heavy atom. The lowest BCUT2D eigenvalue weighted by molar-refractivity contribution is -0.132. The lowest BCUT2D eigenvalue weighted by Gasteiger charge is -2.32. The molecule has 0 spiro atoms. The molecule has 0 aromatic heterocycles. The second-order valence-electron chi connectivity index (χ2n) is 6.30. The normalized spacial score (nSPS) is 15.0. The van der Waals surface area contributed by atoms with Gasteiger partial charge in [0.15, 0.2) is 0 Å². The minimum absolute atomic E-state index is 0.227. The number of benzene rings is 2. The zero-order chi connectivity index (χ0) is 17.5. The van der Waals surface area contributed by atoms with Crippen LogP contribution in [0.5, 0.6) is 11.5 Å². The molecule has 1 N–H and O–H groups in total. The van der Waals surface area contributed by atoms with Crippen LogP contribution < -0.4 is 10.1 Å². The number of anilines is 1. The number of likely N-dealkylation sites (N-methyl/N-ethyl adjacent to an activating group) is 1. The first kappa shape index (κ1) is 17.3. The van der Waals surface area contributed by atoms with Crippen LogP contribution in [0.15, 0.2) is 54.6 Å². The predicted molar refractivity (Wildman–Crippen MR) is 100 cm³/mol. The van der Waals surface area contributed by atoms with E-state index >= 15 is 0 Å². The fourth-order valence-electron chi connectivity index (χ4n) is 2.79. The average Bonchev–Trinajstić information content (AvgIpc) is 2.64. The number of rotatable bonds is 6. The highest BCUT2D eigenvalue weighted by Crippen LogP contribution is 2.22. The molecule has 0 aliphatic carbocycles. The van der Waals surface area contributed by atoms with Crippen LogP contribution in [-0.4, -0.2) is 55.5 Å². The molecule has 1 heterocycles. The van der Waals surface area contributed by atoms with Gasteiger partial charge in [0.2, 0.25) is 5.91 Å². The molecule has 2 aromatic rings. The van der Waals surface area contributed by atoms with E-state index in [4.69, 9.17) is 4.74 Å². The highest BCUT2D eigenvalue weighted by atomic mass is 16.5. The van der Waals surface area contributed by atoms with E-state index in [-0.39, 0.29) is 5.91 Å². The van der Waals surface area contributed by atoms with E-state index in [1.165, 1.54) is 0 Å². The Labute approximate surface area is 149 Å². The smallest absolute Gasteiger partial charge is 0.224 e. The summed E-state index contributed by atoms with van der Waals surface area (Å²) in [5, 5.41) is 3.30. The maximum atomic E-state index is 12.2. The van der Waals surface area contributed by atoms with E-state index in [2.05, 4.69) is 17.3 Å². The van der Waals surface area contributed by atoms with E-state index in [0.29, 0.717) is 13.0 Å². The van der Waals surface area contributed by atoms with Gasteiger partial charge < -0.3 is 19.9 Å². The number of nitrogens with zero attached hydrogens (tertiary/aromatic N) is 2. The quantitative estimate of drug-likeness (QED) is 0.878. The number of hydrogen-bond acceptors (Lipinski definition) is 4. The molecule has 1 aliphatic heterocycles. The van der Waals surface area contributed by atoms with Crippen LogP contribution >= 0.6 is 0 Å². The summed E-state index contributed by atoms with van der Waals surface area (Å²) in [7, 11) is 2.09. The zero-order valence-corrected chi connectivity index (χ0v) is 14.6. The number of piperazine rings is 1. The van der Waals surface area contributed by atoms with Crippen molar-refractivity contribution in [1.29, 1.82) is 0 Å². The highest BCUT2D eigenvalue weighted by Gasteiger charge is 2.18. The Morgan fingerprint density at radius 1 is 0.960 bits per heavy atom. The van der Waals surface area contributed by atoms with Crippen LogP contribution in [0.4, 0.5) is 5.69 Å². The second kappa shape index (κ2) is 8.53. The van der Waals surface area contributed by atoms with Gasteiger partial charge in [0.25, 0.3) is 0 Å². The number of para-hydroxylation sites is 1. The van der Waals surface area contributed by atoms with Gasteiger partial charge in [0.1, 0.15) is 11.5 Å². The van der Waals surface area contributed by atoms with Crippen molar-refractivity contribution >= 4 is 11.6 Å². The third kappa shape index (κ3) is 5.22. The van der Waals surface area contributed by atoms with Crippen molar-refractivity contribution in [3.8, 4) is 11.5 Å². The van der Waals surface area contributed by atoms with Crippen LogP contribution in [0.2, 0.25) is 0 Å². The van der Waals surface area contributed by atoms with Crippen LogP contribution in [0, 0.1) is 0 Å². The third-order valence-corrected chi connectivity index (χ3v) is 4.36. The Bertz CT molecular complexity index is 665. The van der Waals surface area contributed by atoms with Crippen LogP contribution in [0.25, 0.3) is 0 Å². The van der Waals surface area contributed by atoms with Crippen molar-refractivity contribution in [2.45, 2.75) is 6.42 Å². The van der Waals surface area contributed by atoms with E-state index in [0.717, 1.165) is 43.4 Å². The van der Waals surface area contributed by atoms with Gasteiger partial charge in [-0.15, -0.1) is 0 Å². The summed E-state index contributed by atoms with van der Waals surface area (Å²) in [6.07, 6.45) is 0.520. The van der Waals surface area contributed by atoms with Gasteiger partial charge in [0.05, 0.1) is 0 Å². The molecule has 1 aliphatic rings. The van der Waals surface area contributed by atoms with E-state index in [9.17, 15) is 4.79 Å². The van der Waals surface area contributed by atoms with Gasteiger partial charge in [-0.1, -0.05) is 18.2 Å². The van der Waals surface area contributed by atoms with Gasteiger partial charge in [-0.25, -0.2) is 0 Å². The summed E-state index contributed by atoms with van der Waals surface area (Å²) in [5.41, 5.74) is 0.992. The minimum Gasteiger partial charge on any atom is -0.457 e. The Kier molecular flexibility index (Phi) is 5.90. The van der Waals surface area contributed by atoms with Crippen molar-refractivity contribution in [2.24, 2.45) is 0 Å². The van der Waals surface area contributed by atoms with Crippen LogP contribution in [0.3, 0.4) is 0 Å². The van der Waals surface area contributed by atoms with Gasteiger partial charge in [-0.05, 0) is 43.4 Å². The summed E-state index contributed by atoms with van der Waals surface area (Å²) in [6.45, 7) is 4.23. The Morgan fingerprint density at radius 3 is 2.28 bits per heavy atom. The van der Waals surface area contributed by atoms with Crippen LogP contribution in [-0.2, 0) is 4.79 Å². The lowest BCUT2D eigenvalue weighted by Crippen LogP contribution is -2.47. The lowest BCUT2D eigenvalue weighted by atomic mass is 10.2. The van der Waals surface area contributed by atoms with Crippen molar-refractivity contribution in [2.75, 3.05) is 45.1 Å². The van der Waals surface area contributed by atoms with Gasteiger partial charge >= 0.3 is 0 Å². The number of carbonyl (C=O) groups excluding carboxylic acids is 1. The largest absolute Gasteiger partial charge is 0.457 e. The molecule has 25 heavy (non-hydrogen) atoms. The minimum atomic E-state index is 0.227. The fraction of sp³-hybridized carbons (Fsp3) is 0.350. The van der Waals surface area contributed by atoms with Crippen molar-refractivity contribution in [1.82, 2.24) is 9.80 Å².